The van der Waals surface area contributed by atoms with Gasteiger partial charge >= 0.3 is 0 Å². The normalized spacial score (nSPS) is 12.5. The lowest BCUT2D eigenvalue weighted by Gasteiger charge is -2.45. The summed E-state index contributed by atoms with van der Waals surface area (Å²) in [7, 11) is 0. The van der Waals surface area contributed by atoms with E-state index in [1.165, 1.54) is 70.5 Å². The maximum absolute atomic E-state index is 2.69. The van der Waals surface area contributed by atoms with Crippen LogP contribution in [-0.2, 0) is 0 Å². The first-order chi connectivity index (χ1) is 54.1. The van der Waals surface area contributed by atoms with Crippen LogP contribution in [0.1, 0.15) is 0 Å². The number of benzene rings is 17. The van der Waals surface area contributed by atoms with Crippen LogP contribution in [0, 0.1) is 0 Å². The van der Waals surface area contributed by atoms with Crippen LogP contribution in [0.4, 0.5) is 34.1 Å². The SMILES string of the molecule is c1ccc(-c2cc(-c3ccccc3)cc(N3c4cc(-n5c6ccccc6c6ccccc65)ccc4B4c5ccc(-n6c7ccccc7c7cc(-n8c9ccccc9c9ccccc98)ccc76)cc5N(c5c(-c6ccccc6)cccc5-c5ccccc5)c5cc(-n6c7ccccc7c7ccccc76)cc3c54)c2)cc1. The molecular weight excluding hydrogens is 1320 g/mol. The van der Waals surface area contributed by atoms with E-state index in [0.717, 1.165) is 134 Å². The molecule has 0 radical (unpaired) electrons. The Labute approximate surface area is 630 Å². The molecule has 23 rings (SSSR count). The van der Waals surface area contributed by atoms with Crippen LogP contribution in [0.15, 0.2) is 394 Å². The lowest BCUT2D eigenvalue weighted by atomic mass is 9.33. The number of nitrogens with zero attached hydrogens (tertiary/aromatic N) is 6. The summed E-state index contributed by atoms with van der Waals surface area (Å²) in [6.45, 7) is -0.280. The van der Waals surface area contributed by atoms with Crippen molar-refractivity contribution >= 4 is 144 Å². The number of fused-ring (bicyclic) bond motifs is 16. The second-order valence-corrected chi connectivity index (χ2v) is 29.1. The van der Waals surface area contributed by atoms with Gasteiger partial charge in [-0.3, -0.25) is 0 Å². The Morgan fingerprint density at radius 1 is 0.174 bits per heavy atom. The van der Waals surface area contributed by atoms with Gasteiger partial charge in [0.25, 0.3) is 6.71 Å². The van der Waals surface area contributed by atoms with Crippen molar-refractivity contribution < 1.29 is 0 Å². The minimum absolute atomic E-state index is 0.280. The molecule has 0 unspecified atom stereocenters. The molecule has 0 spiro atoms. The molecule has 0 aliphatic carbocycles. The van der Waals surface area contributed by atoms with Gasteiger partial charge in [-0.05, 0) is 165 Å². The largest absolute Gasteiger partial charge is 0.311 e. The average molecular weight is 1390 g/mol. The molecule has 21 aromatic rings. The Hall–Kier alpha value is -14.4. The van der Waals surface area contributed by atoms with Gasteiger partial charge in [0.2, 0.25) is 0 Å². The monoisotopic (exact) mass is 1380 g/mol. The fourth-order valence-corrected chi connectivity index (χ4v) is 18.7. The van der Waals surface area contributed by atoms with Crippen molar-refractivity contribution in [3.63, 3.8) is 0 Å². The van der Waals surface area contributed by atoms with Crippen molar-refractivity contribution in [2.24, 2.45) is 0 Å². The highest BCUT2D eigenvalue weighted by atomic mass is 15.2. The summed E-state index contributed by atoms with van der Waals surface area (Å²) in [6, 6.07) is 148. The van der Waals surface area contributed by atoms with Crippen LogP contribution in [0.3, 0.4) is 0 Å². The second-order valence-electron chi connectivity index (χ2n) is 29.1. The van der Waals surface area contributed by atoms with Gasteiger partial charge in [0.15, 0.2) is 0 Å². The third-order valence-electron chi connectivity index (χ3n) is 23.3. The van der Waals surface area contributed by atoms with Crippen molar-refractivity contribution in [3.05, 3.63) is 394 Å². The Morgan fingerprint density at radius 3 is 0.881 bits per heavy atom. The molecule has 6 heterocycles. The van der Waals surface area contributed by atoms with E-state index in [1.807, 2.05) is 0 Å². The lowest BCUT2D eigenvalue weighted by Crippen LogP contribution is -2.61. The lowest BCUT2D eigenvalue weighted by molar-refractivity contribution is 1.15. The van der Waals surface area contributed by atoms with E-state index in [0.29, 0.717) is 0 Å². The molecule has 17 aromatic carbocycles. The minimum atomic E-state index is -0.280. The molecule has 7 heteroatoms. The van der Waals surface area contributed by atoms with Crippen molar-refractivity contribution in [1.29, 1.82) is 0 Å². The molecule has 109 heavy (non-hydrogen) atoms. The zero-order valence-corrected chi connectivity index (χ0v) is 59.3. The Balaban J connectivity index is 0.868. The number of anilines is 6. The third-order valence-corrected chi connectivity index (χ3v) is 23.3. The quantitative estimate of drug-likeness (QED) is 0.128. The molecule has 0 atom stereocenters. The van der Waals surface area contributed by atoms with E-state index in [-0.39, 0.29) is 6.71 Å². The van der Waals surface area contributed by atoms with Crippen LogP contribution in [0.25, 0.3) is 154 Å². The second kappa shape index (κ2) is 24.1. The highest BCUT2D eigenvalue weighted by Gasteiger charge is 2.45. The summed E-state index contributed by atoms with van der Waals surface area (Å²) < 4.78 is 9.98. The standard InChI is InChI=1S/C102H65BN6/c1-5-28-66(29-6-1)70-58-71(67-30-7-2-8-31-67)60-75(59-70)108-97-62-73(105-91-47-22-15-38-81(91)82-39-16-23-48-92(82)105)52-55-87(97)103-88-56-53-74(106-95-51-26-19-42-85(95)86-61-72(54-57-96(86)106)104-89-45-20-13-36-79(89)80-37-14-21-46-90(80)104)63-98(88)109(102-77(68-32-9-3-10-33-68)43-27-44-78(102)69-34-11-4-12-35-69)100-65-76(64-99(108)101(100)103)107-93-49-24-17-40-83(93)84-41-18-25-50-94(84)107/h1-65H. The Bertz CT molecular complexity index is 7030. The summed E-state index contributed by atoms with van der Waals surface area (Å²) in [5.74, 6) is 0. The molecule has 2 aliphatic heterocycles. The highest BCUT2D eigenvalue weighted by molar-refractivity contribution is 7.00. The molecule has 0 N–H and O–H groups in total. The zero-order valence-electron chi connectivity index (χ0n) is 59.3. The smallest absolute Gasteiger partial charge is 0.252 e. The van der Waals surface area contributed by atoms with Crippen LogP contribution >= 0.6 is 0 Å². The summed E-state index contributed by atoms with van der Waals surface area (Å²) >= 11 is 0. The van der Waals surface area contributed by atoms with Crippen LogP contribution in [0.2, 0.25) is 0 Å². The number of para-hydroxylation sites is 8. The molecule has 6 nitrogen and oxygen atoms in total. The molecule has 0 fully saturated rings. The van der Waals surface area contributed by atoms with Crippen molar-refractivity contribution in [3.8, 4) is 67.3 Å². The zero-order chi connectivity index (χ0) is 71.4. The van der Waals surface area contributed by atoms with Crippen LogP contribution in [0.5, 0.6) is 0 Å². The predicted molar refractivity (Wildman–Crippen MR) is 460 cm³/mol. The maximum atomic E-state index is 2.69. The van der Waals surface area contributed by atoms with E-state index < -0.39 is 0 Å². The Morgan fingerprint density at radius 2 is 0.477 bits per heavy atom. The molecule has 506 valence electrons. The molecule has 0 saturated carbocycles. The van der Waals surface area contributed by atoms with E-state index in [2.05, 4.69) is 422 Å². The first-order valence-corrected chi connectivity index (χ1v) is 37.7. The maximum Gasteiger partial charge on any atom is 0.252 e. The predicted octanol–water partition coefficient (Wildman–Crippen LogP) is 24.8. The molecule has 0 amide bonds. The third kappa shape index (κ3) is 9.24. The summed E-state index contributed by atoms with van der Waals surface area (Å²) in [5.41, 5.74) is 32.7. The van der Waals surface area contributed by atoms with Gasteiger partial charge < -0.3 is 28.1 Å². The molecule has 2 aliphatic rings. The van der Waals surface area contributed by atoms with E-state index in [9.17, 15) is 0 Å². The first kappa shape index (κ1) is 61.0. The fraction of sp³-hybridized carbons (Fsp3) is 0. The van der Waals surface area contributed by atoms with Gasteiger partial charge in [-0.15, -0.1) is 0 Å². The van der Waals surface area contributed by atoms with Crippen molar-refractivity contribution in [2.75, 3.05) is 9.80 Å². The summed E-state index contributed by atoms with van der Waals surface area (Å²) in [5, 5.41) is 9.69. The topological polar surface area (TPSA) is 26.2 Å². The summed E-state index contributed by atoms with van der Waals surface area (Å²) in [4.78, 5) is 5.33. The molecule has 0 saturated heterocycles. The van der Waals surface area contributed by atoms with Gasteiger partial charge in [0.05, 0.1) is 55.5 Å². The van der Waals surface area contributed by atoms with E-state index >= 15 is 0 Å². The number of aromatic nitrogens is 4. The minimum Gasteiger partial charge on any atom is -0.311 e. The van der Waals surface area contributed by atoms with Crippen molar-refractivity contribution in [2.45, 2.75) is 0 Å². The van der Waals surface area contributed by atoms with Gasteiger partial charge in [0, 0.05) is 99.7 Å². The van der Waals surface area contributed by atoms with Gasteiger partial charge in [0.1, 0.15) is 0 Å². The van der Waals surface area contributed by atoms with Crippen LogP contribution < -0.4 is 26.2 Å². The van der Waals surface area contributed by atoms with Crippen molar-refractivity contribution in [1.82, 2.24) is 18.3 Å². The number of hydrogen-bond acceptors (Lipinski definition) is 2. The van der Waals surface area contributed by atoms with Gasteiger partial charge in [-0.25, -0.2) is 0 Å². The number of rotatable bonds is 10. The molecule has 4 aromatic heterocycles. The van der Waals surface area contributed by atoms with Gasteiger partial charge in [-0.1, -0.05) is 279 Å². The Kier molecular flexibility index (Phi) is 13.5. The van der Waals surface area contributed by atoms with E-state index in [1.54, 1.807) is 0 Å². The summed E-state index contributed by atoms with van der Waals surface area (Å²) in [6.07, 6.45) is 0. The van der Waals surface area contributed by atoms with Gasteiger partial charge in [-0.2, -0.15) is 0 Å². The van der Waals surface area contributed by atoms with E-state index in [4.69, 9.17) is 0 Å². The molecular formula is C102H65BN6. The number of hydrogen-bond donors (Lipinski definition) is 0. The molecule has 0 bridgehead atoms. The highest BCUT2D eigenvalue weighted by Crippen LogP contribution is 2.53. The average Bonchev–Trinajstić information content (AvgIpc) is 1.12. The van der Waals surface area contributed by atoms with Crippen LogP contribution in [-0.4, -0.2) is 25.0 Å². The fourth-order valence-electron chi connectivity index (χ4n) is 18.7. The first-order valence-electron chi connectivity index (χ1n) is 37.7.